The number of ether oxygens (including phenoxy) is 2. The van der Waals surface area contributed by atoms with Gasteiger partial charge in [0, 0.05) is 17.9 Å². The van der Waals surface area contributed by atoms with Gasteiger partial charge in [-0.25, -0.2) is 4.79 Å². The number of esters is 2. The number of Topliss-reactive ketones (excluding diaryl/α,β-unsaturated/α-hetero) is 1. The van der Waals surface area contributed by atoms with E-state index in [1.165, 1.54) is 6.08 Å². The lowest BCUT2D eigenvalue weighted by Crippen LogP contribution is -2.43. The number of hydrogen-bond donors (Lipinski definition) is 0. The van der Waals surface area contributed by atoms with E-state index in [9.17, 15) is 14.4 Å². The molecule has 5 nitrogen and oxygen atoms in total. The molecule has 2 aliphatic rings. The zero-order chi connectivity index (χ0) is 23.5. The minimum absolute atomic E-state index is 0.0809. The fourth-order valence-electron chi connectivity index (χ4n) is 4.71. The van der Waals surface area contributed by atoms with Crippen LogP contribution in [0.4, 0.5) is 0 Å². The first kappa shape index (κ1) is 25.1. The van der Waals surface area contributed by atoms with E-state index in [2.05, 4.69) is 20.4 Å². The van der Waals surface area contributed by atoms with Crippen LogP contribution in [0.3, 0.4) is 0 Å². The van der Waals surface area contributed by atoms with E-state index in [-0.39, 0.29) is 41.3 Å². The van der Waals surface area contributed by atoms with Crippen molar-refractivity contribution in [2.24, 2.45) is 29.6 Å². The second kappa shape index (κ2) is 10.4. The van der Waals surface area contributed by atoms with Crippen LogP contribution < -0.4 is 0 Å². The van der Waals surface area contributed by atoms with E-state index >= 15 is 0 Å². The van der Waals surface area contributed by atoms with Gasteiger partial charge in [-0.3, -0.25) is 9.59 Å². The average Bonchev–Trinajstić information content (AvgIpc) is 3.00. The van der Waals surface area contributed by atoms with E-state index in [1.807, 2.05) is 33.8 Å². The van der Waals surface area contributed by atoms with Crippen molar-refractivity contribution >= 4 is 17.7 Å². The Morgan fingerprint density at radius 1 is 1.16 bits per heavy atom. The Kier molecular flexibility index (Phi) is 8.44. The van der Waals surface area contributed by atoms with Crippen molar-refractivity contribution in [1.82, 2.24) is 0 Å². The maximum atomic E-state index is 13.3. The summed E-state index contributed by atoms with van der Waals surface area (Å²) < 4.78 is 11.6. The summed E-state index contributed by atoms with van der Waals surface area (Å²) in [5, 5.41) is 0. The number of fused-ring (bicyclic) bond motifs is 1. The topological polar surface area (TPSA) is 69.7 Å². The molecular weight excluding hydrogens is 392 g/mol. The molecule has 0 amide bonds. The summed E-state index contributed by atoms with van der Waals surface area (Å²) in [5.41, 5.74) is 2.32. The Balaban J connectivity index is 2.41. The van der Waals surface area contributed by atoms with Crippen LogP contribution in [-0.2, 0) is 23.9 Å². The van der Waals surface area contributed by atoms with Crippen LogP contribution in [0.25, 0.3) is 0 Å². The number of carbonyl (C=O) groups excluding carboxylic acids is 3. The molecule has 5 heteroatoms. The second-order valence-electron chi connectivity index (χ2n) is 9.31. The van der Waals surface area contributed by atoms with Gasteiger partial charge in [-0.15, -0.1) is 0 Å². The van der Waals surface area contributed by atoms with Crippen LogP contribution in [0.2, 0.25) is 0 Å². The van der Waals surface area contributed by atoms with Gasteiger partial charge in [-0.2, -0.15) is 0 Å². The number of rotatable bonds is 7. The van der Waals surface area contributed by atoms with Gasteiger partial charge < -0.3 is 9.47 Å². The third-order valence-electron chi connectivity index (χ3n) is 7.01. The third-order valence-corrected chi connectivity index (χ3v) is 7.01. The van der Waals surface area contributed by atoms with Gasteiger partial charge in [0.15, 0.2) is 11.9 Å². The first-order valence-corrected chi connectivity index (χ1v) is 11.5. The van der Waals surface area contributed by atoms with Gasteiger partial charge in [0.25, 0.3) is 0 Å². The van der Waals surface area contributed by atoms with Crippen LogP contribution >= 0.6 is 0 Å². The van der Waals surface area contributed by atoms with Crippen LogP contribution in [0, 0.1) is 29.6 Å². The fraction of sp³-hybridized carbons (Fsp3) is 0.654. The molecule has 0 N–H and O–H groups in total. The molecule has 6 atom stereocenters. The molecule has 2 fully saturated rings. The smallest absolute Gasteiger partial charge is 0.331 e. The molecule has 0 aromatic rings. The molecule has 0 radical (unpaired) electrons. The maximum Gasteiger partial charge on any atom is 0.331 e. The lowest BCUT2D eigenvalue weighted by molar-refractivity contribution is -0.160. The number of hydrogen-bond acceptors (Lipinski definition) is 5. The largest absolute Gasteiger partial charge is 0.455 e. The average molecular weight is 431 g/mol. The van der Waals surface area contributed by atoms with Gasteiger partial charge in [0.05, 0.1) is 5.92 Å². The monoisotopic (exact) mass is 430 g/mol. The maximum absolute atomic E-state index is 13.3. The molecule has 1 unspecified atom stereocenters. The highest BCUT2D eigenvalue weighted by Crippen LogP contribution is 2.53. The molecule has 0 bridgehead atoms. The highest BCUT2D eigenvalue weighted by molar-refractivity contribution is 6.03. The van der Waals surface area contributed by atoms with Gasteiger partial charge in [0.2, 0.25) is 0 Å². The second-order valence-corrected chi connectivity index (χ2v) is 9.31. The summed E-state index contributed by atoms with van der Waals surface area (Å²) in [6, 6.07) is 0. The van der Waals surface area contributed by atoms with Gasteiger partial charge in [-0.05, 0) is 56.1 Å². The predicted octanol–water partition coefficient (Wildman–Crippen LogP) is 5.21. The minimum atomic E-state index is -0.902. The van der Waals surface area contributed by atoms with Gasteiger partial charge in [-0.1, -0.05) is 52.8 Å². The zero-order valence-electron chi connectivity index (χ0n) is 20.1. The molecule has 0 saturated heterocycles. The van der Waals surface area contributed by atoms with E-state index < -0.39 is 18.2 Å². The molecule has 0 aromatic carbocycles. The summed E-state index contributed by atoms with van der Waals surface area (Å²) in [5.74, 6) is -1.26. The van der Waals surface area contributed by atoms with Crippen LogP contribution in [-0.4, -0.2) is 29.9 Å². The van der Waals surface area contributed by atoms with Gasteiger partial charge in [0.1, 0.15) is 6.10 Å². The molecule has 0 heterocycles. The van der Waals surface area contributed by atoms with Crippen molar-refractivity contribution in [2.45, 2.75) is 79.9 Å². The summed E-state index contributed by atoms with van der Waals surface area (Å²) >= 11 is 0. The van der Waals surface area contributed by atoms with E-state index in [0.717, 1.165) is 12.0 Å². The molecule has 2 rings (SSSR count). The Morgan fingerprint density at radius 3 is 2.32 bits per heavy atom. The van der Waals surface area contributed by atoms with Crippen molar-refractivity contribution in [1.29, 1.82) is 0 Å². The predicted molar refractivity (Wildman–Crippen MR) is 121 cm³/mol. The summed E-state index contributed by atoms with van der Waals surface area (Å²) in [4.78, 5) is 38.3. The summed E-state index contributed by atoms with van der Waals surface area (Å²) in [6.07, 6.45) is 3.98. The molecule has 172 valence electrons. The lowest BCUT2D eigenvalue weighted by Gasteiger charge is -2.42. The number of carbonyl (C=O) groups is 3. The normalized spacial score (nSPS) is 31.0. The fourth-order valence-corrected chi connectivity index (χ4v) is 4.71. The minimum Gasteiger partial charge on any atom is -0.455 e. The van der Waals surface area contributed by atoms with Crippen LogP contribution in [0.5, 0.6) is 0 Å². The third kappa shape index (κ3) is 5.19. The molecule has 31 heavy (non-hydrogen) atoms. The number of allylic oxidation sites excluding steroid dienone is 2. The van der Waals surface area contributed by atoms with Gasteiger partial charge >= 0.3 is 11.9 Å². The summed E-state index contributed by atoms with van der Waals surface area (Å²) in [6.45, 7) is 17.9. The highest BCUT2D eigenvalue weighted by atomic mass is 16.6. The Hall–Kier alpha value is -2.17. The molecular formula is C26H38O5. The molecule has 2 aliphatic carbocycles. The Labute approximate surface area is 186 Å². The summed E-state index contributed by atoms with van der Waals surface area (Å²) in [7, 11) is 0. The van der Waals surface area contributed by atoms with Crippen molar-refractivity contribution in [2.75, 3.05) is 0 Å². The van der Waals surface area contributed by atoms with Crippen molar-refractivity contribution < 1.29 is 23.9 Å². The van der Waals surface area contributed by atoms with Crippen molar-refractivity contribution in [3.63, 3.8) is 0 Å². The Morgan fingerprint density at radius 2 is 1.81 bits per heavy atom. The van der Waals surface area contributed by atoms with Crippen molar-refractivity contribution in [3.05, 3.63) is 35.5 Å². The van der Waals surface area contributed by atoms with Crippen LogP contribution in [0.15, 0.2) is 35.5 Å². The molecule has 0 aliphatic heterocycles. The molecule has 0 spiro atoms. The van der Waals surface area contributed by atoms with E-state index in [4.69, 9.17) is 9.47 Å². The van der Waals surface area contributed by atoms with E-state index in [0.29, 0.717) is 24.0 Å². The highest BCUT2D eigenvalue weighted by Gasteiger charge is 2.57. The number of ketones is 1. The lowest BCUT2D eigenvalue weighted by atomic mass is 9.65. The first-order valence-electron chi connectivity index (χ1n) is 11.5. The van der Waals surface area contributed by atoms with E-state index in [1.54, 1.807) is 6.92 Å². The SMILES string of the molecule is C=C1[C@H]2[C@@H](/C(=C/C)C(=O)[C@H]2OC(=O)C(C)CC)[C@H](C(C)C)C[C@H]1OC(=O)/C=C(\C)CC. The molecule has 0 aromatic heterocycles. The zero-order valence-corrected chi connectivity index (χ0v) is 20.1. The standard InChI is InChI=1S/C26H38O5/c1-9-15(6)12-21(27)30-20-13-19(14(4)5)23-18(11-3)24(28)25(22(23)17(20)8)31-26(29)16(7)10-2/h11-12,14,16,19-20,22-23,25H,8-10,13H2,1-7H3/b15-12+,18-11-/t16?,19-,20+,22-,23-,25-/m0/s1. The Bertz CT molecular complexity index is 788. The quantitative estimate of drug-likeness (QED) is 0.315. The van der Waals surface area contributed by atoms with Crippen molar-refractivity contribution in [3.8, 4) is 0 Å². The first-order chi connectivity index (χ1) is 14.6. The molecule has 2 saturated carbocycles. The van der Waals surface area contributed by atoms with Crippen LogP contribution in [0.1, 0.15) is 67.7 Å².